The van der Waals surface area contributed by atoms with Crippen molar-refractivity contribution in [3.8, 4) is 0 Å². The van der Waals surface area contributed by atoms with Crippen molar-refractivity contribution in [3.63, 3.8) is 0 Å². The highest BCUT2D eigenvalue weighted by Crippen LogP contribution is 2.35. The molecule has 1 aliphatic rings. The number of hydrogen-bond acceptors (Lipinski definition) is 4. The average Bonchev–Trinajstić information content (AvgIpc) is 2.24. The molecule has 1 heterocycles. The van der Waals surface area contributed by atoms with E-state index in [4.69, 9.17) is 10.5 Å². The summed E-state index contributed by atoms with van der Waals surface area (Å²) in [6.07, 6.45) is 4.23. The third kappa shape index (κ3) is 3.36. The maximum Gasteiger partial charge on any atom is 0.0644 e. The maximum atomic E-state index is 6.03. The number of ether oxygens (including phenoxy) is 1. The average molecular weight is 246 g/mol. The molecule has 1 rings (SSSR count). The molecule has 1 atom stereocenters. The molecule has 2 N–H and O–H groups in total. The number of nitrogens with zero attached hydrogens (tertiary/aromatic N) is 1. The summed E-state index contributed by atoms with van der Waals surface area (Å²) < 4.78 is 5.79. The third-order valence-corrected chi connectivity index (χ3v) is 4.23. The second-order valence-corrected chi connectivity index (χ2v) is 6.36. The van der Waals surface area contributed by atoms with Crippen molar-refractivity contribution in [2.75, 3.05) is 38.8 Å². The minimum absolute atomic E-state index is 0.0365. The molecule has 16 heavy (non-hydrogen) atoms. The lowest BCUT2D eigenvalue weighted by Crippen LogP contribution is -2.59. The van der Waals surface area contributed by atoms with Gasteiger partial charge in [0.15, 0.2) is 0 Å². The normalized spacial score (nSPS) is 29.6. The fourth-order valence-electron chi connectivity index (χ4n) is 2.57. The number of likely N-dealkylation sites (N-methyl/N-ethyl adjacent to an activating group) is 1. The topological polar surface area (TPSA) is 38.5 Å². The van der Waals surface area contributed by atoms with E-state index < -0.39 is 0 Å². The van der Waals surface area contributed by atoms with Gasteiger partial charge < -0.3 is 10.5 Å². The molecule has 0 aromatic rings. The van der Waals surface area contributed by atoms with Gasteiger partial charge in [0, 0.05) is 31.0 Å². The molecule has 3 nitrogen and oxygen atoms in total. The Morgan fingerprint density at radius 2 is 2.12 bits per heavy atom. The first-order chi connectivity index (χ1) is 7.46. The molecule has 0 aromatic heterocycles. The minimum atomic E-state index is -0.0365. The Hall–Kier alpha value is 0.230. The second kappa shape index (κ2) is 5.71. The first-order valence-electron chi connectivity index (χ1n) is 6.00. The van der Waals surface area contributed by atoms with E-state index in [-0.39, 0.29) is 11.1 Å². The highest BCUT2D eigenvalue weighted by molar-refractivity contribution is 7.98. The lowest BCUT2D eigenvalue weighted by Gasteiger charge is -2.49. The predicted molar refractivity (Wildman–Crippen MR) is 72.1 cm³/mol. The number of thioether (sulfide) groups is 1. The van der Waals surface area contributed by atoms with Crippen LogP contribution in [0.2, 0.25) is 0 Å². The highest BCUT2D eigenvalue weighted by atomic mass is 32.2. The van der Waals surface area contributed by atoms with Gasteiger partial charge in [-0.3, -0.25) is 4.90 Å². The van der Waals surface area contributed by atoms with E-state index in [0.29, 0.717) is 0 Å². The van der Waals surface area contributed by atoms with Crippen LogP contribution in [0, 0.1) is 0 Å². The molecule has 0 spiro atoms. The van der Waals surface area contributed by atoms with Crippen molar-refractivity contribution in [1.29, 1.82) is 0 Å². The molecular formula is C12H26N2OS. The van der Waals surface area contributed by atoms with Gasteiger partial charge >= 0.3 is 0 Å². The molecule has 1 unspecified atom stereocenters. The standard InChI is InChI=1S/C12H26N2OS/c1-11(2)9-12(10-13,5-7-15-11)14(3)6-8-16-4/h5-10,13H2,1-4H3. The summed E-state index contributed by atoms with van der Waals surface area (Å²) in [7, 11) is 2.20. The van der Waals surface area contributed by atoms with Crippen molar-refractivity contribution >= 4 is 11.8 Å². The zero-order valence-corrected chi connectivity index (χ0v) is 11.9. The second-order valence-electron chi connectivity index (χ2n) is 5.38. The Balaban J connectivity index is 2.68. The van der Waals surface area contributed by atoms with Gasteiger partial charge in [0.2, 0.25) is 0 Å². The Kier molecular flexibility index (Phi) is 5.10. The molecule has 0 radical (unpaired) electrons. The Bertz CT molecular complexity index is 223. The predicted octanol–water partition coefficient (Wildman–Crippen LogP) is 1.57. The van der Waals surface area contributed by atoms with Crippen LogP contribution < -0.4 is 5.73 Å². The van der Waals surface area contributed by atoms with E-state index in [0.717, 1.165) is 32.5 Å². The van der Waals surface area contributed by atoms with Crippen LogP contribution in [0.1, 0.15) is 26.7 Å². The summed E-state index contributed by atoms with van der Waals surface area (Å²) in [6.45, 7) is 6.99. The molecule has 1 aliphatic heterocycles. The Morgan fingerprint density at radius 1 is 1.44 bits per heavy atom. The van der Waals surface area contributed by atoms with E-state index in [1.165, 1.54) is 5.75 Å². The Labute approximate surface area is 104 Å². The monoisotopic (exact) mass is 246 g/mol. The van der Waals surface area contributed by atoms with Gasteiger partial charge in [-0.2, -0.15) is 11.8 Å². The van der Waals surface area contributed by atoms with Gasteiger partial charge in [0.1, 0.15) is 0 Å². The lowest BCUT2D eigenvalue weighted by molar-refractivity contribution is -0.112. The van der Waals surface area contributed by atoms with Crippen LogP contribution in [0.15, 0.2) is 0 Å². The summed E-state index contributed by atoms with van der Waals surface area (Å²) >= 11 is 1.89. The van der Waals surface area contributed by atoms with Crippen molar-refractivity contribution in [2.24, 2.45) is 5.73 Å². The van der Waals surface area contributed by atoms with Gasteiger partial charge in [-0.25, -0.2) is 0 Å². The van der Waals surface area contributed by atoms with Crippen LogP contribution in [0.3, 0.4) is 0 Å². The smallest absolute Gasteiger partial charge is 0.0644 e. The van der Waals surface area contributed by atoms with Crippen LogP contribution in [0.5, 0.6) is 0 Å². The van der Waals surface area contributed by atoms with E-state index in [9.17, 15) is 0 Å². The summed E-state index contributed by atoms with van der Waals surface area (Å²) in [4.78, 5) is 2.44. The van der Waals surface area contributed by atoms with Gasteiger partial charge in [-0.1, -0.05) is 0 Å². The largest absolute Gasteiger partial charge is 0.375 e. The molecule has 0 saturated carbocycles. The van der Waals surface area contributed by atoms with E-state index >= 15 is 0 Å². The summed E-state index contributed by atoms with van der Waals surface area (Å²) in [5, 5.41) is 0. The zero-order valence-electron chi connectivity index (χ0n) is 11.1. The van der Waals surface area contributed by atoms with Crippen molar-refractivity contribution in [2.45, 2.75) is 37.8 Å². The summed E-state index contributed by atoms with van der Waals surface area (Å²) in [5.41, 5.74) is 6.13. The van der Waals surface area contributed by atoms with Gasteiger partial charge in [-0.05, 0) is 40.0 Å². The fraction of sp³-hybridized carbons (Fsp3) is 1.00. The summed E-state index contributed by atoms with van der Waals surface area (Å²) in [6, 6.07) is 0. The van der Waals surface area contributed by atoms with Crippen LogP contribution in [-0.2, 0) is 4.74 Å². The molecule has 1 fully saturated rings. The van der Waals surface area contributed by atoms with Crippen LogP contribution in [-0.4, -0.2) is 54.8 Å². The van der Waals surface area contributed by atoms with E-state index in [1.54, 1.807) is 0 Å². The number of nitrogens with two attached hydrogens (primary N) is 1. The van der Waals surface area contributed by atoms with Crippen LogP contribution >= 0.6 is 11.8 Å². The summed E-state index contributed by atoms with van der Waals surface area (Å²) in [5.74, 6) is 1.17. The lowest BCUT2D eigenvalue weighted by atomic mass is 9.80. The zero-order chi connectivity index (χ0) is 12.2. The molecule has 0 amide bonds. The fourth-order valence-corrected chi connectivity index (χ4v) is 3.03. The molecular weight excluding hydrogens is 220 g/mol. The van der Waals surface area contributed by atoms with Gasteiger partial charge in [0.25, 0.3) is 0 Å². The van der Waals surface area contributed by atoms with E-state index in [2.05, 4.69) is 32.1 Å². The molecule has 4 heteroatoms. The van der Waals surface area contributed by atoms with Gasteiger partial charge in [0.05, 0.1) is 5.60 Å². The first kappa shape index (κ1) is 14.3. The first-order valence-corrected chi connectivity index (χ1v) is 7.39. The van der Waals surface area contributed by atoms with Crippen molar-refractivity contribution in [3.05, 3.63) is 0 Å². The Morgan fingerprint density at radius 3 is 2.62 bits per heavy atom. The molecule has 0 bridgehead atoms. The van der Waals surface area contributed by atoms with Gasteiger partial charge in [-0.15, -0.1) is 0 Å². The third-order valence-electron chi connectivity index (χ3n) is 3.64. The number of hydrogen-bond donors (Lipinski definition) is 1. The van der Waals surface area contributed by atoms with Crippen molar-refractivity contribution in [1.82, 2.24) is 4.90 Å². The quantitative estimate of drug-likeness (QED) is 0.799. The number of rotatable bonds is 5. The van der Waals surface area contributed by atoms with E-state index in [1.807, 2.05) is 11.8 Å². The highest BCUT2D eigenvalue weighted by Gasteiger charge is 2.42. The molecule has 1 saturated heterocycles. The molecule has 96 valence electrons. The molecule has 0 aromatic carbocycles. The SMILES string of the molecule is CSCCN(C)C1(CN)CCOC(C)(C)C1. The van der Waals surface area contributed by atoms with Crippen LogP contribution in [0.25, 0.3) is 0 Å². The van der Waals surface area contributed by atoms with Crippen LogP contribution in [0.4, 0.5) is 0 Å². The minimum Gasteiger partial charge on any atom is -0.375 e. The molecule has 0 aliphatic carbocycles. The van der Waals surface area contributed by atoms with Crippen molar-refractivity contribution < 1.29 is 4.74 Å². The maximum absolute atomic E-state index is 6.03.